The van der Waals surface area contributed by atoms with Crippen molar-refractivity contribution < 1.29 is 19.7 Å². The first-order valence-electron chi connectivity index (χ1n) is 6.55. The van der Waals surface area contributed by atoms with Gasteiger partial charge < -0.3 is 25.0 Å². The first-order chi connectivity index (χ1) is 9.65. The summed E-state index contributed by atoms with van der Waals surface area (Å²) in [5.41, 5.74) is -0.365. The van der Waals surface area contributed by atoms with Gasteiger partial charge in [-0.25, -0.2) is 4.98 Å². The molecule has 3 aliphatic rings. The lowest BCUT2D eigenvalue weighted by Crippen LogP contribution is -2.21. The molecule has 2 aliphatic heterocycles. The van der Waals surface area contributed by atoms with E-state index in [-0.39, 0.29) is 25.0 Å². The lowest BCUT2D eigenvalue weighted by Gasteiger charge is -2.19. The van der Waals surface area contributed by atoms with Crippen LogP contribution in [0.2, 0.25) is 0 Å². The van der Waals surface area contributed by atoms with E-state index in [1.807, 2.05) is 0 Å². The topological polar surface area (TPSA) is 101 Å². The van der Waals surface area contributed by atoms with Gasteiger partial charge in [0, 0.05) is 13.5 Å². The number of aliphatic hydroxyl groups is 2. The fourth-order valence-corrected chi connectivity index (χ4v) is 3.10. The van der Waals surface area contributed by atoms with Gasteiger partial charge in [0.05, 0.1) is 19.2 Å². The number of nitrogens with zero attached hydrogens (tertiary/aromatic N) is 3. The third-order valence-electron chi connectivity index (χ3n) is 4.23. The van der Waals surface area contributed by atoms with Crippen molar-refractivity contribution in [2.45, 2.75) is 36.6 Å². The molecule has 3 heterocycles. The number of aliphatic imine (C=N–C) groups is 1. The largest absolute Gasteiger partial charge is 0.385 e. The Balaban J connectivity index is 1.61. The molecule has 20 heavy (non-hydrogen) atoms. The van der Waals surface area contributed by atoms with Crippen LogP contribution in [0.4, 0.5) is 5.82 Å². The molecule has 0 aromatic carbocycles. The van der Waals surface area contributed by atoms with Crippen LogP contribution < -0.4 is 5.32 Å². The fourth-order valence-electron chi connectivity index (χ4n) is 3.10. The van der Waals surface area contributed by atoms with E-state index in [0.717, 1.165) is 0 Å². The number of imidazole rings is 1. The third kappa shape index (κ3) is 1.50. The zero-order valence-electron chi connectivity index (χ0n) is 10.9. The molecule has 8 nitrogen and oxygen atoms in total. The SMILES string of the molecule is COC1C2OC(n3cnc4c3NC=NCC4O)CC12O. The molecule has 0 amide bonds. The molecule has 2 fully saturated rings. The van der Waals surface area contributed by atoms with Gasteiger partial charge >= 0.3 is 0 Å². The molecular formula is C12H16N4O4. The minimum Gasteiger partial charge on any atom is -0.385 e. The van der Waals surface area contributed by atoms with Crippen LogP contribution in [0.1, 0.15) is 24.4 Å². The summed E-state index contributed by atoms with van der Waals surface area (Å²) in [6.07, 6.45) is 1.99. The van der Waals surface area contributed by atoms with E-state index in [4.69, 9.17) is 9.47 Å². The van der Waals surface area contributed by atoms with Gasteiger partial charge in [0.25, 0.3) is 0 Å². The quantitative estimate of drug-likeness (QED) is 0.670. The van der Waals surface area contributed by atoms with Crippen molar-refractivity contribution in [2.75, 3.05) is 19.0 Å². The molecule has 1 saturated heterocycles. The number of aromatic nitrogens is 2. The molecule has 0 spiro atoms. The normalized spacial score (nSPS) is 41.8. The first-order valence-corrected chi connectivity index (χ1v) is 6.55. The Labute approximate surface area is 115 Å². The number of fused-ring (bicyclic) bond motifs is 2. The Morgan fingerprint density at radius 3 is 3.15 bits per heavy atom. The predicted molar refractivity (Wildman–Crippen MR) is 68.4 cm³/mol. The van der Waals surface area contributed by atoms with Crippen molar-refractivity contribution in [3.63, 3.8) is 0 Å². The lowest BCUT2D eigenvalue weighted by atomic mass is 10.2. The molecular weight excluding hydrogens is 264 g/mol. The minimum atomic E-state index is -0.909. The molecule has 8 heteroatoms. The maximum Gasteiger partial charge on any atom is 0.140 e. The van der Waals surface area contributed by atoms with Crippen LogP contribution >= 0.6 is 0 Å². The van der Waals surface area contributed by atoms with Crippen molar-refractivity contribution in [3.8, 4) is 0 Å². The van der Waals surface area contributed by atoms with Crippen molar-refractivity contribution in [2.24, 2.45) is 4.99 Å². The van der Waals surface area contributed by atoms with Gasteiger partial charge in [0.1, 0.15) is 41.7 Å². The van der Waals surface area contributed by atoms with Crippen molar-refractivity contribution in [3.05, 3.63) is 12.0 Å². The molecule has 4 rings (SSSR count). The molecule has 0 bridgehead atoms. The van der Waals surface area contributed by atoms with Crippen molar-refractivity contribution >= 4 is 12.2 Å². The highest BCUT2D eigenvalue weighted by Gasteiger charge is 2.72. The van der Waals surface area contributed by atoms with Crippen LogP contribution in [0.15, 0.2) is 11.3 Å². The van der Waals surface area contributed by atoms with E-state index in [9.17, 15) is 10.2 Å². The zero-order valence-corrected chi connectivity index (χ0v) is 10.9. The Hall–Kier alpha value is -1.48. The second-order valence-electron chi connectivity index (χ2n) is 5.40. The Morgan fingerprint density at radius 2 is 2.45 bits per heavy atom. The summed E-state index contributed by atoms with van der Waals surface area (Å²) in [6.45, 7) is 0.279. The van der Waals surface area contributed by atoms with Crippen LogP contribution in [0.5, 0.6) is 0 Å². The van der Waals surface area contributed by atoms with Gasteiger partial charge in [0.2, 0.25) is 0 Å². The molecule has 5 unspecified atom stereocenters. The number of nitrogens with one attached hydrogen (secondary N) is 1. The highest BCUT2D eigenvalue weighted by Crippen LogP contribution is 2.55. The van der Waals surface area contributed by atoms with Gasteiger partial charge in [-0.05, 0) is 0 Å². The molecule has 3 N–H and O–H groups in total. The van der Waals surface area contributed by atoms with Crippen molar-refractivity contribution in [1.29, 1.82) is 0 Å². The summed E-state index contributed by atoms with van der Waals surface area (Å²) in [4.78, 5) is 8.24. The Bertz CT molecular complexity index is 574. The second-order valence-corrected chi connectivity index (χ2v) is 5.40. The number of hydrogen-bond acceptors (Lipinski definition) is 7. The minimum absolute atomic E-state index is 0.249. The van der Waals surface area contributed by atoms with Gasteiger partial charge in [-0.1, -0.05) is 0 Å². The molecule has 0 radical (unpaired) electrons. The second kappa shape index (κ2) is 4.01. The molecule has 5 atom stereocenters. The molecule has 108 valence electrons. The monoisotopic (exact) mass is 280 g/mol. The third-order valence-corrected chi connectivity index (χ3v) is 4.23. The molecule has 1 aromatic rings. The van der Waals surface area contributed by atoms with E-state index >= 15 is 0 Å². The number of anilines is 1. The summed E-state index contributed by atoms with van der Waals surface area (Å²) in [5.74, 6) is 0.655. The fraction of sp³-hybridized carbons (Fsp3) is 0.667. The van der Waals surface area contributed by atoms with E-state index in [1.54, 1.807) is 18.0 Å². The van der Waals surface area contributed by atoms with E-state index in [2.05, 4.69) is 15.3 Å². The summed E-state index contributed by atoms with van der Waals surface area (Å²) in [7, 11) is 1.57. The van der Waals surface area contributed by atoms with E-state index in [0.29, 0.717) is 17.9 Å². The first kappa shape index (κ1) is 12.3. The van der Waals surface area contributed by atoms with Crippen LogP contribution in [0.25, 0.3) is 0 Å². The summed E-state index contributed by atoms with van der Waals surface area (Å²) in [6, 6.07) is 0. The number of hydrogen-bond donors (Lipinski definition) is 3. The van der Waals surface area contributed by atoms with Gasteiger partial charge in [-0.3, -0.25) is 9.56 Å². The number of rotatable bonds is 2. The van der Waals surface area contributed by atoms with E-state index < -0.39 is 11.7 Å². The highest BCUT2D eigenvalue weighted by molar-refractivity contribution is 5.76. The number of aliphatic hydroxyl groups excluding tert-OH is 1. The zero-order chi connectivity index (χ0) is 13.9. The standard InChI is InChI=1S/C12H16N4O4/c1-19-9-10-12(9,18)2-7(20-10)16-5-15-8-6(17)3-13-4-14-11(8)16/h4-7,9-10,17-18H,2-3H2,1H3,(H,13,14). The number of methoxy groups -OCH3 is 1. The van der Waals surface area contributed by atoms with E-state index in [1.165, 1.54) is 6.34 Å². The van der Waals surface area contributed by atoms with Crippen LogP contribution in [-0.4, -0.2) is 57.6 Å². The average molecular weight is 280 g/mol. The Kier molecular flexibility index (Phi) is 2.46. The average Bonchev–Trinajstić information content (AvgIpc) is 2.74. The van der Waals surface area contributed by atoms with Gasteiger partial charge in [-0.15, -0.1) is 0 Å². The summed E-state index contributed by atoms with van der Waals surface area (Å²) < 4.78 is 12.8. The van der Waals surface area contributed by atoms with Gasteiger partial charge in [-0.2, -0.15) is 0 Å². The number of ether oxygens (including phenoxy) is 2. The lowest BCUT2D eigenvalue weighted by molar-refractivity contribution is -0.0252. The summed E-state index contributed by atoms with van der Waals surface area (Å²) >= 11 is 0. The molecule has 1 aromatic heterocycles. The Morgan fingerprint density at radius 1 is 1.60 bits per heavy atom. The maximum atomic E-state index is 10.3. The van der Waals surface area contributed by atoms with Crippen LogP contribution in [0.3, 0.4) is 0 Å². The maximum absolute atomic E-state index is 10.3. The molecule has 1 saturated carbocycles. The van der Waals surface area contributed by atoms with Crippen LogP contribution in [0, 0.1) is 0 Å². The van der Waals surface area contributed by atoms with Crippen LogP contribution in [-0.2, 0) is 9.47 Å². The predicted octanol–water partition coefficient (Wildman–Crippen LogP) is -0.583. The van der Waals surface area contributed by atoms with Crippen molar-refractivity contribution in [1.82, 2.24) is 9.55 Å². The van der Waals surface area contributed by atoms with Gasteiger partial charge in [0.15, 0.2) is 0 Å². The molecule has 1 aliphatic carbocycles. The smallest absolute Gasteiger partial charge is 0.140 e. The highest BCUT2D eigenvalue weighted by atomic mass is 16.6. The summed E-state index contributed by atoms with van der Waals surface area (Å²) in [5, 5.41) is 23.3.